The highest BCUT2D eigenvalue weighted by atomic mass is 35.5. The van der Waals surface area contributed by atoms with Crippen LogP contribution in [0.5, 0.6) is 0 Å². The summed E-state index contributed by atoms with van der Waals surface area (Å²) in [6.45, 7) is 8.35. The average molecular weight is 226 g/mol. The zero-order valence-corrected chi connectivity index (χ0v) is 8.96. The van der Waals surface area contributed by atoms with Crippen molar-refractivity contribution in [2.75, 3.05) is 23.7 Å². The molecular formula is C9H12ClN5. The molecule has 15 heavy (non-hydrogen) atoms. The van der Waals surface area contributed by atoms with Gasteiger partial charge in [-0.05, 0) is 5.21 Å². The molecule has 0 aliphatic heterocycles. The summed E-state index contributed by atoms with van der Waals surface area (Å²) in [5.74, 6) is 0.553. The molecule has 1 heterocycles. The summed E-state index contributed by atoms with van der Waals surface area (Å²) in [4.78, 5) is 0. The molecule has 1 aromatic rings. The van der Waals surface area contributed by atoms with Gasteiger partial charge in [-0.1, -0.05) is 23.8 Å². The number of halogens is 1. The second kappa shape index (κ2) is 5.98. The van der Waals surface area contributed by atoms with Crippen LogP contribution >= 0.6 is 11.6 Å². The first-order chi connectivity index (χ1) is 7.29. The molecule has 0 bridgehead atoms. The Morgan fingerprint density at radius 3 is 2.47 bits per heavy atom. The highest BCUT2D eigenvalue weighted by molar-refractivity contribution is 6.32. The predicted octanol–water partition coefficient (Wildman–Crippen LogP) is 1.72. The van der Waals surface area contributed by atoms with E-state index in [1.165, 1.54) is 0 Å². The molecule has 0 radical (unpaired) electrons. The van der Waals surface area contributed by atoms with Crippen LogP contribution in [0.4, 0.5) is 11.5 Å². The number of nitrogens with zero attached hydrogens (tertiary/aromatic N) is 3. The minimum Gasteiger partial charge on any atom is -0.376 e. The number of nitrogens with one attached hydrogen (secondary N) is 2. The van der Waals surface area contributed by atoms with Gasteiger partial charge in [-0.3, -0.25) is 0 Å². The summed E-state index contributed by atoms with van der Waals surface area (Å²) in [6.07, 6.45) is 3.43. The van der Waals surface area contributed by atoms with Crippen LogP contribution in [0.25, 0.3) is 0 Å². The molecule has 0 aromatic carbocycles. The van der Waals surface area contributed by atoms with Crippen molar-refractivity contribution in [2.24, 2.45) is 0 Å². The van der Waals surface area contributed by atoms with Crippen molar-refractivity contribution < 1.29 is 0 Å². The zero-order chi connectivity index (χ0) is 11.1. The van der Waals surface area contributed by atoms with Gasteiger partial charge in [0.15, 0.2) is 11.0 Å². The van der Waals surface area contributed by atoms with E-state index in [9.17, 15) is 0 Å². The lowest BCUT2D eigenvalue weighted by Crippen LogP contribution is -2.09. The van der Waals surface area contributed by atoms with Crippen LogP contribution in [0, 0.1) is 0 Å². The van der Waals surface area contributed by atoms with E-state index in [0.29, 0.717) is 24.6 Å². The van der Waals surface area contributed by atoms with Crippen LogP contribution in [0.2, 0.25) is 5.15 Å². The molecule has 0 saturated carbocycles. The third-order valence-corrected chi connectivity index (χ3v) is 1.82. The topological polar surface area (TPSA) is 62.7 Å². The molecule has 80 valence electrons. The Morgan fingerprint density at radius 1 is 1.13 bits per heavy atom. The van der Waals surface area contributed by atoms with E-state index >= 15 is 0 Å². The van der Waals surface area contributed by atoms with Crippen molar-refractivity contribution in [2.45, 2.75) is 0 Å². The molecular weight excluding hydrogens is 214 g/mol. The van der Waals surface area contributed by atoms with Gasteiger partial charge in [0.1, 0.15) is 5.69 Å². The Bertz CT molecular complexity index is 352. The van der Waals surface area contributed by atoms with Crippen LogP contribution in [-0.2, 0) is 0 Å². The average Bonchev–Trinajstić information content (AvgIpc) is 2.25. The standard InChI is InChI=1S/C9H12ClN5/c1-3-5-11-7-8(10)13-15-14-9(7)12-6-4-2/h3-4H,1-2,5-6H2,(H,11,15)(H,12,13,14). The SMILES string of the molecule is C=CCNc1nnnc(Cl)c1NCC=C. The van der Waals surface area contributed by atoms with Crippen LogP contribution in [0.3, 0.4) is 0 Å². The van der Waals surface area contributed by atoms with E-state index in [1.807, 2.05) is 0 Å². The van der Waals surface area contributed by atoms with Gasteiger partial charge >= 0.3 is 0 Å². The number of anilines is 2. The Labute approximate surface area is 93.2 Å². The molecule has 6 heteroatoms. The monoisotopic (exact) mass is 225 g/mol. The molecule has 0 unspecified atom stereocenters. The zero-order valence-electron chi connectivity index (χ0n) is 8.20. The molecule has 1 rings (SSSR count). The molecule has 0 amide bonds. The first-order valence-electron chi connectivity index (χ1n) is 4.38. The Hall–Kier alpha value is -1.62. The maximum Gasteiger partial charge on any atom is 0.180 e. The van der Waals surface area contributed by atoms with Gasteiger partial charge in [-0.2, -0.15) is 0 Å². The van der Waals surface area contributed by atoms with Crippen molar-refractivity contribution in [1.82, 2.24) is 15.4 Å². The van der Waals surface area contributed by atoms with Gasteiger partial charge in [0.2, 0.25) is 0 Å². The minimum atomic E-state index is 0.276. The molecule has 5 nitrogen and oxygen atoms in total. The van der Waals surface area contributed by atoms with E-state index in [4.69, 9.17) is 11.6 Å². The predicted molar refractivity (Wildman–Crippen MR) is 62.2 cm³/mol. The second-order valence-corrected chi connectivity index (χ2v) is 3.00. The lowest BCUT2D eigenvalue weighted by atomic mass is 10.4. The van der Waals surface area contributed by atoms with Crippen molar-refractivity contribution in [3.63, 3.8) is 0 Å². The molecule has 0 aliphatic rings. The lowest BCUT2D eigenvalue weighted by Gasteiger charge is -2.09. The molecule has 0 fully saturated rings. The fraction of sp³-hybridized carbons (Fsp3) is 0.222. The van der Waals surface area contributed by atoms with E-state index in [0.717, 1.165) is 0 Å². The Balaban J connectivity index is 2.86. The molecule has 2 N–H and O–H groups in total. The van der Waals surface area contributed by atoms with E-state index in [1.54, 1.807) is 12.2 Å². The van der Waals surface area contributed by atoms with Crippen molar-refractivity contribution >= 4 is 23.1 Å². The molecule has 0 saturated heterocycles. The van der Waals surface area contributed by atoms with Crippen molar-refractivity contribution in [1.29, 1.82) is 0 Å². The molecule has 0 aliphatic carbocycles. The fourth-order valence-electron chi connectivity index (χ4n) is 0.928. The van der Waals surface area contributed by atoms with E-state index in [-0.39, 0.29) is 5.15 Å². The van der Waals surface area contributed by atoms with Gasteiger partial charge in [0.25, 0.3) is 0 Å². The normalized spacial score (nSPS) is 9.40. The van der Waals surface area contributed by atoms with Crippen molar-refractivity contribution in [3.8, 4) is 0 Å². The Kier molecular flexibility index (Phi) is 4.56. The third-order valence-electron chi connectivity index (χ3n) is 1.56. The van der Waals surface area contributed by atoms with E-state index in [2.05, 4.69) is 39.2 Å². The third kappa shape index (κ3) is 3.21. The Morgan fingerprint density at radius 2 is 1.80 bits per heavy atom. The minimum absolute atomic E-state index is 0.276. The number of hydrogen-bond donors (Lipinski definition) is 2. The molecule has 0 atom stereocenters. The first kappa shape index (κ1) is 11.5. The quantitative estimate of drug-likeness (QED) is 0.722. The van der Waals surface area contributed by atoms with Gasteiger partial charge in [0.05, 0.1) is 0 Å². The summed E-state index contributed by atoms with van der Waals surface area (Å²) < 4.78 is 0. The number of hydrogen-bond acceptors (Lipinski definition) is 5. The number of aromatic nitrogens is 3. The van der Waals surface area contributed by atoms with Crippen LogP contribution in [0.1, 0.15) is 0 Å². The smallest absolute Gasteiger partial charge is 0.180 e. The first-order valence-corrected chi connectivity index (χ1v) is 4.75. The summed E-state index contributed by atoms with van der Waals surface area (Å²) in [7, 11) is 0. The lowest BCUT2D eigenvalue weighted by molar-refractivity contribution is 0.867. The van der Waals surface area contributed by atoms with Crippen LogP contribution in [-0.4, -0.2) is 28.5 Å². The van der Waals surface area contributed by atoms with Crippen LogP contribution < -0.4 is 10.6 Å². The largest absolute Gasteiger partial charge is 0.376 e. The second-order valence-electron chi connectivity index (χ2n) is 2.64. The van der Waals surface area contributed by atoms with Gasteiger partial charge < -0.3 is 10.6 Å². The number of rotatable bonds is 6. The molecule has 1 aromatic heterocycles. The van der Waals surface area contributed by atoms with Crippen LogP contribution in [0.15, 0.2) is 25.3 Å². The fourth-order valence-corrected chi connectivity index (χ4v) is 1.12. The van der Waals surface area contributed by atoms with E-state index < -0.39 is 0 Å². The van der Waals surface area contributed by atoms with Crippen molar-refractivity contribution in [3.05, 3.63) is 30.5 Å². The summed E-state index contributed by atoms with van der Waals surface area (Å²) >= 11 is 5.87. The maximum atomic E-state index is 5.87. The highest BCUT2D eigenvalue weighted by Gasteiger charge is 2.08. The summed E-state index contributed by atoms with van der Waals surface area (Å²) in [5, 5.41) is 17.3. The molecule has 0 spiro atoms. The van der Waals surface area contributed by atoms with Gasteiger partial charge in [0, 0.05) is 13.1 Å². The highest BCUT2D eigenvalue weighted by Crippen LogP contribution is 2.24. The summed E-state index contributed by atoms with van der Waals surface area (Å²) in [6, 6.07) is 0. The van der Waals surface area contributed by atoms with Gasteiger partial charge in [-0.15, -0.1) is 23.4 Å². The summed E-state index contributed by atoms with van der Waals surface area (Å²) in [5.41, 5.74) is 0.619. The van der Waals surface area contributed by atoms with Gasteiger partial charge in [-0.25, -0.2) is 0 Å². The maximum absolute atomic E-state index is 5.87.